The quantitative estimate of drug-likeness (QED) is 0.0136. The third-order valence-corrected chi connectivity index (χ3v) is 26.1. The number of nitrogens with one attached hydrogen (secondary N) is 5. The summed E-state index contributed by atoms with van der Waals surface area (Å²) in [5.74, 6) is -2.55. The highest BCUT2D eigenvalue weighted by Gasteiger charge is 2.44. The van der Waals surface area contributed by atoms with Crippen LogP contribution in [0.4, 0.5) is 17.2 Å². The predicted molar refractivity (Wildman–Crippen MR) is 506 cm³/mol. The Balaban J connectivity index is 0.503. The molecule has 43 nitrogen and oxygen atoms in total. The fourth-order valence-electron chi connectivity index (χ4n) is 17.1. The number of hydrogen-bond donors (Lipinski definition) is 9. The molecule has 2 bridgehead atoms. The van der Waals surface area contributed by atoms with Gasteiger partial charge in [0.05, 0.1) is 139 Å². The van der Waals surface area contributed by atoms with Crippen LogP contribution in [0.2, 0.25) is 0 Å². The second kappa shape index (κ2) is 52.6. The van der Waals surface area contributed by atoms with Crippen LogP contribution in [0.3, 0.4) is 0 Å². The smallest absolute Gasteiger partial charge is 0.476 e. The summed E-state index contributed by atoms with van der Waals surface area (Å²) in [5, 5.41) is 59.1. The number of benzene rings is 3. The number of aryl methyl sites for hydroxylation is 1. The number of carbonyl (C=O) groups is 6. The number of rotatable bonds is 57. The van der Waals surface area contributed by atoms with Crippen LogP contribution in [0, 0.1) is 18.4 Å². The molecular formula is C94H126N18O25S2. The summed E-state index contributed by atoms with van der Waals surface area (Å²) in [6, 6.07) is 25.0. The van der Waals surface area contributed by atoms with Gasteiger partial charge < -0.3 is 122 Å². The molecule has 10 atom stereocenters. The van der Waals surface area contributed by atoms with E-state index in [2.05, 4.69) is 78.2 Å². The van der Waals surface area contributed by atoms with Gasteiger partial charge in [0.1, 0.15) is 43.1 Å². The summed E-state index contributed by atoms with van der Waals surface area (Å²) in [5.41, 5.74) is 21.3. The third-order valence-electron chi connectivity index (χ3n) is 24.3. The molecule has 5 fully saturated rings. The Labute approximate surface area is 810 Å². The fourth-order valence-corrected chi connectivity index (χ4v) is 18.7. The summed E-state index contributed by atoms with van der Waals surface area (Å²) in [7, 11) is -5.12. The van der Waals surface area contributed by atoms with Crippen molar-refractivity contribution in [1.82, 2.24) is 66.2 Å². The lowest BCUT2D eigenvalue weighted by Crippen LogP contribution is -2.54. The number of anilines is 3. The molecule has 10 N–H and O–H groups in total. The highest BCUT2D eigenvalue weighted by molar-refractivity contribution is 7.82. The SMILES string of the molecule is Cc1ncsc1-c1ccc([C@H](C)NC(=O)[C@@H]2CCCN2C(=O)[C@@H](c2cc(OCCN3CCN(CCOc4cc(N5C6CCC5CN(c5cc(-c7ccccc7OS(=O)(=O)Oc7cc(C(=O)NCCOCCOCCOCCN/C=C(/COCCOCCOCCOCCNC(=O)CCN8C(=O)C=CC8=O)N=N)ccc7O[C@H]7C[C@@H](O)[C@@H](O)[C@@H](CO)O7)nnc5N)C6)ccn4)[C@H](C)C3)no2)C(C)C)cc1. The van der Waals surface area contributed by atoms with Gasteiger partial charge >= 0.3 is 10.4 Å². The topological polar surface area (TPSA) is 525 Å². The molecule has 45 heteroatoms. The molecule has 0 radical (unpaired) electrons. The van der Waals surface area contributed by atoms with Crippen LogP contribution in [0.1, 0.15) is 106 Å². The molecular weight excluding hydrogens is 1850 g/mol. The molecule has 7 aromatic rings. The number of ether oxygens (including phenoxy) is 11. The van der Waals surface area contributed by atoms with Crippen LogP contribution in [0.25, 0.3) is 21.7 Å². The van der Waals surface area contributed by atoms with E-state index in [0.717, 1.165) is 70.8 Å². The van der Waals surface area contributed by atoms with Gasteiger partial charge in [-0.05, 0) is 111 Å². The Morgan fingerprint density at radius 1 is 0.712 bits per heavy atom. The molecule has 139 heavy (non-hydrogen) atoms. The van der Waals surface area contributed by atoms with Gasteiger partial charge in [-0.25, -0.2) is 15.5 Å². The van der Waals surface area contributed by atoms with E-state index < -0.39 is 77.0 Å². The lowest BCUT2D eigenvalue weighted by molar-refractivity contribution is -0.230. The van der Waals surface area contributed by atoms with E-state index in [-0.39, 0.29) is 161 Å². The number of nitrogen functional groups attached to an aromatic ring is 1. The average molecular weight is 1970 g/mol. The highest BCUT2D eigenvalue weighted by atomic mass is 32.3. The van der Waals surface area contributed by atoms with E-state index >= 15 is 0 Å². The number of para-hydroxylation sites is 1. The number of hydrogen-bond acceptors (Lipinski definition) is 39. The van der Waals surface area contributed by atoms with E-state index in [1.54, 1.807) is 59.0 Å². The van der Waals surface area contributed by atoms with E-state index in [1.807, 2.05) is 69.6 Å². The Hall–Kier alpha value is -11.5. The van der Waals surface area contributed by atoms with Gasteiger partial charge in [-0.2, -0.15) is 5.11 Å². The first kappa shape index (κ1) is 105. The molecule has 5 saturated heterocycles. The third kappa shape index (κ3) is 30.3. The van der Waals surface area contributed by atoms with Crippen molar-refractivity contribution in [1.29, 1.82) is 5.53 Å². The van der Waals surface area contributed by atoms with Crippen molar-refractivity contribution in [2.24, 2.45) is 11.0 Å². The highest BCUT2D eigenvalue weighted by Crippen LogP contribution is 2.42. The number of thiazole rings is 1. The van der Waals surface area contributed by atoms with Gasteiger partial charge in [0, 0.05) is 163 Å². The lowest BCUT2D eigenvalue weighted by Gasteiger charge is -2.43. The number of aromatic nitrogens is 5. The molecule has 0 aliphatic carbocycles. The minimum absolute atomic E-state index is 0.00604. The Kier molecular flexibility index (Phi) is 39.7. The maximum Gasteiger partial charge on any atom is 0.501 e. The average Bonchev–Trinajstić information content (AvgIpc) is 1.66. The first-order valence-electron chi connectivity index (χ1n) is 46.9. The van der Waals surface area contributed by atoms with Gasteiger partial charge in [0.25, 0.3) is 23.6 Å². The van der Waals surface area contributed by atoms with E-state index in [1.165, 1.54) is 30.4 Å². The van der Waals surface area contributed by atoms with Crippen molar-refractivity contribution in [3.05, 3.63) is 149 Å². The standard InChI is InChI=1S/C94H126N18O25S2/c1-61(2)88(94(121)110-28-8-10-74(110)93(120)102-63(4)65-12-14-66(15-13-65)90-64(5)101-60-138-90)80-53-84(106-135-80)132-37-32-107-30-31-108(62(3)55-107)33-38-131-83-50-69(22-24-99-83)112-70-17-18-71(112)57-109(56-70)75-51-73(104-105-91(75)95)72-9-6-7-11-77(72)136-139(122,123)137-79-49-67(16-19-78(79)133-87-52-76(114)89(118)81(58-113)134-87)92(119)100-27-36-126-41-44-127-42-39-124-34-25-97-54-68(103-96)59-130-48-47-129-46-45-128-43-40-125-35-26-98-82(115)23-29-111-85(116)20-21-86(111)117/h6-7,9,11-16,19-22,24,49-51,53-54,60-63,70-71,74,76,81,87-89,96-97,113-114,118H,8,10,17-18,23,25-48,52,55-59H2,1-5H3,(H2,95,105)(H,98,115)(H,100,119)(H,102,120)/b68-54-,103-96?/t62-,63+,70?,71?,74+,76-,81-,87-,88-,89-/m1/s1. The van der Waals surface area contributed by atoms with Crippen LogP contribution >= 0.6 is 11.3 Å². The molecule has 0 spiro atoms. The molecule has 2 unspecified atom stereocenters. The molecule has 6 amide bonds. The normalized spacial score (nSPS) is 20.1. The Morgan fingerprint density at radius 3 is 2.06 bits per heavy atom. The molecule has 13 rings (SSSR count). The maximum atomic E-state index is 14.4. The fraction of sp³-hybridized carbons (Fsp3) is 0.543. The van der Waals surface area contributed by atoms with Crippen molar-refractivity contribution in [3.63, 3.8) is 0 Å². The predicted octanol–water partition coefficient (Wildman–Crippen LogP) is 5.12. The minimum Gasteiger partial charge on any atom is -0.476 e. The van der Waals surface area contributed by atoms with Gasteiger partial charge in [-0.3, -0.25) is 43.5 Å². The second-order valence-electron chi connectivity index (χ2n) is 34.4. The Morgan fingerprint density at radius 2 is 1.38 bits per heavy atom. The lowest BCUT2D eigenvalue weighted by atomic mass is 9.91. The number of carbonyl (C=O) groups excluding carboxylic acids is 6. The summed E-state index contributed by atoms with van der Waals surface area (Å²) in [6.45, 7) is 20.0. The van der Waals surface area contributed by atoms with E-state index in [0.29, 0.717) is 140 Å². The van der Waals surface area contributed by atoms with Crippen LogP contribution in [-0.2, 0) is 72.3 Å². The summed E-state index contributed by atoms with van der Waals surface area (Å²) >= 11 is 1.60. The summed E-state index contributed by atoms with van der Waals surface area (Å²) in [4.78, 5) is 99.2. The van der Waals surface area contributed by atoms with E-state index in [4.69, 9.17) is 76.3 Å². The number of pyridine rings is 1. The number of imide groups is 1. The summed E-state index contributed by atoms with van der Waals surface area (Å²) < 4.78 is 109. The number of aliphatic hydroxyl groups excluding tert-OH is 3. The van der Waals surface area contributed by atoms with Crippen LogP contribution < -0.4 is 59.4 Å². The number of nitrogens with zero attached hydrogens (tertiary/aromatic N) is 12. The maximum absolute atomic E-state index is 14.4. The number of fused-ring (bicyclic) bond motifs is 2. The molecule has 6 aliphatic heterocycles. The van der Waals surface area contributed by atoms with Crippen molar-refractivity contribution in [2.75, 3.05) is 206 Å². The molecule has 10 heterocycles. The molecule has 754 valence electrons. The van der Waals surface area contributed by atoms with Crippen molar-refractivity contribution < 1.29 is 117 Å². The van der Waals surface area contributed by atoms with E-state index in [9.17, 15) is 52.5 Å². The zero-order valence-corrected chi connectivity index (χ0v) is 80.4. The number of piperazine rings is 2. The molecule has 6 aliphatic rings. The van der Waals surface area contributed by atoms with Gasteiger partial charge in [0.15, 0.2) is 28.8 Å². The number of nitrogens with two attached hydrogens (primary N) is 1. The molecule has 3 aromatic carbocycles. The second-order valence-corrected chi connectivity index (χ2v) is 36.4. The van der Waals surface area contributed by atoms with Gasteiger partial charge in [-0.15, -0.1) is 30.0 Å². The molecule has 0 saturated carbocycles. The van der Waals surface area contributed by atoms with Gasteiger partial charge in [-0.1, -0.05) is 50.2 Å². The molecule has 4 aromatic heterocycles. The zero-order valence-electron chi connectivity index (χ0n) is 78.7. The monoisotopic (exact) mass is 1970 g/mol. The van der Waals surface area contributed by atoms with Crippen LogP contribution in [-0.4, -0.2) is 344 Å². The van der Waals surface area contributed by atoms with Crippen molar-refractivity contribution >= 4 is 74.4 Å². The minimum atomic E-state index is -5.12. The van der Waals surface area contributed by atoms with Crippen molar-refractivity contribution in [3.8, 4) is 50.7 Å². The zero-order chi connectivity index (χ0) is 98.2. The van der Waals surface area contributed by atoms with Crippen LogP contribution in [0.5, 0.6) is 29.0 Å². The number of amides is 6. The first-order valence-corrected chi connectivity index (χ1v) is 49.1. The van der Waals surface area contributed by atoms with Crippen molar-refractivity contribution in [2.45, 2.75) is 134 Å². The number of likely N-dealkylation sites (tertiary alicyclic amines) is 1. The first-order chi connectivity index (χ1) is 67.4. The van der Waals surface area contributed by atoms with Gasteiger partial charge in [0.2, 0.25) is 29.9 Å². The summed E-state index contributed by atoms with van der Waals surface area (Å²) in [6.07, 6.45) is 3.04. The Bertz CT molecular complexity index is 5340. The number of aliphatic hydroxyl groups is 3. The van der Waals surface area contributed by atoms with Crippen LogP contribution in [0.15, 0.2) is 136 Å². The largest absolute Gasteiger partial charge is 0.501 e.